The lowest BCUT2D eigenvalue weighted by molar-refractivity contribution is 0.00926. The van der Waals surface area contributed by atoms with Crippen LogP contribution in [0.15, 0.2) is 18.2 Å². The van der Waals surface area contributed by atoms with Gasteiger partial charge in [0.05, 0.1) is 5.56 Å². The molecule has 1 fully saturated rings. The number of nitrogens with zero attached hydrogens (tertiary/aromatic N) is 2. The zero-order valence-electron chi connectivity index (χ0n) is 15.8. The van der Waals surface area contributed by atoms with Gasteiger partial charge in [-0.25, -0.2) is 9.59 Å². The van der Waals surface area contributed by atoms with Crippen LogP contribution in [-0.4, -0.2) is 58.7 Å². The Morgan fingerprint density at radius 2 is 1.85 bits per heavy atom. The Morgan fingerprint density at radius 3 is 2.46 bits per heavy atom. The second-order valence-corrected chi connectivity index (χ2v) is 8.13. The van der Waals surface area contributed by atoms with Gasteiger partial charge in [-0.2, -0.15) is 0 Å². The van der Waals surface area contributed by atoms with E-state index >= 15 is 0 Å². The van der Waals surface area contributed by atoms with Gasteiger partial charge < -0.3 is 14.7 Å². The third kappa shape index (κ3) is 4.18. The average molecular weight is 360 g/mol. The van der Waals surface area contributed by atoms with Crippen LogP contribution >= 0.6 is 0 Å². The number of benzene rings is 1. The van der Waals surface area contributed by atoms with Gasteiger partial charge in [0, 0.05) is 32.2 Å². The number of amides is 1. The molecule has 1 N–H and O–H groups in total. The molecule has 1 aliphatic heterocycles. The molecule has 3 rings (SSSR count). The smallest absolute Gasteiger partial charge is 0.410 e. The first-order valence-electron chi connectivity index (χ1n) is 9.33. The van der Waals surface area contributed by atoms with Crippen molar-refractivity contribution < 1.29 is 19.4 Å². The molecule has 1 aromatic carbocycles. The van der Waals surface area contributed by atoms with Crippen LogP contribution in [0, 0.1) is 0 Å². The van der Waals surface area contributed by atoms with E-state index in [1.54, 1.807) is 11.0 Å². The molecule has 1 aromatic rings. The number of carboxylic acids is 1. The highest BCUT2D eigenvalue weighted by Gasteiger charge is 2.31. The summed E-state index contributed by atoms with van der Waals surface area (Å²) >= 11 is 0. The molecule has 0 spiro atoms. The monoisotopic (exact) mass is 360 g/mol. The van der Waals surface area contributed by atoms with Gasteiger partial charge in [-0.15, -0.1) is 0 Å². The Hall–Kier alpha value is -2.08. The van der Waals surface area contributed by atoms with Gasteiger partial charge in [0.25, 0.3) is 0 Å². The van der Waals surface area contributed by atoms with Gasteiger partial charge in [0.1, 0.15) is 5.60 Å². The van der Waals surface area contributed by atoms with Crippen molar-refractivity contribution in [2.75, 3.05) is 26.2 Å². The molecule has 1 amide bonds. The Balaban J connectivity index is 1.66. The van der Waals surface area contributed by atoms with Gasteiger partial charge >= 0.3 is 12.1 Å². The minimum atomic E-state index is -0.874. The third-order valence-electron chi connectivity index (χ3n) is 5.08. The van der Waals surface area contributed by atoms with Crippen LogP contribution in [-0.2, 0) is 11.2 Å². The molecular weight excluding hydrogens is 332 g/mol. The summed E-state index contributed by atoms with van der Waals surface area (Å²) in [5.74, 6) is -0.874. The molecule has 26 heavy (non-hydrogen) atoms. The van der Waals surface area contributed by atoms with E-state index in [1.165, 1.54) is 5.56 Å². The second-order valence-electron chi connectivity index (χ2n) is 8.13. The number of piperazine rings is 1. The maximum atomic E-state index is 12.2. The Labute approximate surface area is 154 Å². The summed E-state index contributed by atoms with van der Waals surface area (Å²) in [4.78, 5) is 27.6. The average Bonchev–Trinajstić information content (AvgIpc) is 2.59. The summed E-state index contributed by atoms with van der Waals surface area (Å²) in [6.07, 6.45) is 2.83. The van der Waals surface area contributed by atoms with Crippen LogP contribution in [0.4, 0.5) is 4.79 Å². The fraction of sp³-hybridized carbons (Fsp3) is 0.600. The quantitative estimate of drug-likeness (QED) is 0.876. The van der Waals surface area contributed by atoms with Crippen molar-refractivity contribution >= 4 is 12.1 Å². The van der Waals surface area contributed by atoms with Crippen molar-refractivity contribution in [3.05, 3.63) is 34.9 Å². The van der Waals surface area contributed by atoms with Gasteiger partial charge in [-0.05, 0) is 63.3 Å². The molecule has 0 radical (unpaired) electrons. The number of aryl methyl sites for hydroxylation is 1. The molecule has 6 nitrogen and oxygen atoms in total. The van der Waals surface area contributed by atoms with Crippen LogP contribution in [0.1, 0.15) is 61.1 Å². The normalized spacial score (nSPS) is 21.2. The summed E-state index contributed by atoms with van der Waals surface area (Å²) in [5, 5.41) is 9.20. The molecule has 1 heterocycles. The number of ether oxygens (including phenoxy) is 1. The number of hydrogen-bond donors (Lipinski definition) is 1. The Kier molecular flexibility index (Phi) is 5.23. The van der Waals surface area contributed by atoms with E-state index < -0.39 is 11.6 Å². The maximum Gasteiger partial charge on any atom is 0.410 e. The highest BCUT2D eigenvalue weighted by Crippen LogP contribution is 2.35. The zero-order chi connectivity index (χ0) is 18.9. The minimum Gasteiger partial charge on any atom is -0.478 e. The van der Waals surface area contributed by atoms with Crippen LogP contribution in [0.5, 0.6) is 0 Å². The van der Waals surface area contributed by atoms with Crippen LogP contribution in [0.3, 0.4) is 0 Å². The van der Waals surface area contributed by atoms with E-state index in [0.717, 1.165) is 37.9 Å². The van der Waals surface area contributed by atoms with Gasteiger partial charge in [-0.1, -0.05) is 6.07 Å². The van der Waals surface area contributed by atoms with E-state index in [-0.39, 0.29) is 6.09 Å². The lowest BCUT2D eigenvalue weighted by Gasteiger charge is -2.41. The first kappa shape index (κ1) is 18.7. The predicted molar refractivity (Wildman–Crippen MR) is 98.5 cm³/mol. The zero-order valence-corrected chi connectivity index (χ0v) is 15.8. The molecule has 2 aliphatic rings. The molecule has 1 saturated heterocycles. The Morgan fingerprint density at radius 1 is 1.15 bits per heavy atom. The molecule has 1 atom stereocenters. The summed E-state index contributed by atoms with van der Waals surface area (Å²) in [6, 6.07) is 5.81. The van der Waals surface area contributed by atoms with E-state index in [0.29, 0.717) is 24.7 Å². The number of carbonyl (C=O) groups excluding carboxylic acids is 1. The largest absolute Gasteiger partial charge is 0.478 e. The molecule has 6 heteroatoms. The summed E-state index contributed by atoms with van der Waals surface area (Å²) in [7, 11) is 0. The maximum absolute atomic E-state index is 12.2. The minimum absolute atomic E-state index is 0.243. The SMILES string of the molecule is CC(C)(C)OC(=O)N1CCN(C2CCCc3cc(C(=O)O)ccc32)CC1. The van der Waals surface area contributed by atoms with Crippen molar-refractivity contribution in [3.8, 4) is 0 Å². The molecule has 142 valence electrons. The second kappa shape index (κ2) is 7.27. The topological polar surface area (TPSA) is 70.1 Å². The number of carboxylic acid groups (broad SMARTS) is 1. The number of aromatic carboxylic acids is 1. The molecule has 1 unspecified atom stereocenters. The third-order valence-corrected chi connectivity index (χ3v) is 5.08. The van der Waals surface area contributed by atoms with E-state index in [9.17, 15) is 14.7 Å². The summed E-state index contributed by atoms with van der Waals surface area (Å²) in [5.41, 5.74) is 2.28. The summed E-state index contributed by atoms with van der Waals surface area (Å²) in [6.45, 7) is 8.58. The highest BCUT2D eigenvalue weighted by molar-refractivity contribution is 5.88. The molecule has 0 aromatic heterocycles. The van der Waals surface area contributed by atoms with E-state index in [1.807, 2.05) is 32.9 Å². The fourth-order valence-electron chi connectivity index (χ4n) is 3.84. The first-order chi connectivity index (χ1) is 12.2. The van der Waals surface area contributed by atoms with Gasteiger partial charge in [0.2, 0.25) is 0 Å². The van der Waals surface area contributed by atoms with E-state index in [2.05, 4.69) is 4.90 Å². The lowest BCUT2D eigenvalue weighted by Crippen LogP contribution is -2.51. The van der Waals surface area contributed by atoms with Crippen molar-refractivity contribution in [2.24, 2.45) is 0 Å². The van der Waals surface area contributed by atoms with Crippen molar-refractivity contribution in [3.63, 3.8) is 0 Å². The highest BCUT2D eigenvalue weighted by atomic mass is 16.6. The fourth-order valence-corrected chi connectivity index (χ4v) is 3.84. The predicted octanol–water partition coefficient (Wildman–Crippen LogP) is 3.31. The van der Waals surface area contributed by atoms with Gasteiger partial charge in [0.15, 0.2) is 0 Å². The van der Waals surface area contributed by atoms with Gasteiger partial charge in [-0.3, -0.25) is 4.90 Å². The number of carbonyl (C=O) groups is 2. The molecule has 0 bridgehead atoms. The Bertz CT molecular complexity index is 688. The molecular formula is C20H28N2O4. The van der Waals surface area contributed by atoms with Crippen molar-refractivity contribution in [1.29, 1.82) is 0 Å². The van der Waals surface area contributed by atoms with Crippen molar-refractivity contribution in [2.45, 2.75) is 51.7 Å². The van der Waals surface area contributed by atoms with Crippen molar-refractivity contribution in [1.82, 2.24) is 9.80 Å². The standard InChI is InChI=1S/C20H28N2O4/c1-20(2,3)26-19(25)22-11-9-21(10-12-22)17-6-4-5-14-13-15(18(23)24)7-8-16(14)17/h7-8,13,17H,4-6,9-12H2,1-3H3,(H,23,24). The van der Waals surface area contributed by atoms with Crippen LogP contribution in [0.25, 0.3) is 0 Å². The number of fused-ring (bicyclic) bond motifs is 1. The molecule has 1 aliphatic carbocycles. The molecule has 0 saturated carbocycles. The van der Waals surface area contributed by atoms with Crippen LogP contribution in [0.2, 0.25) is 0 Å². The first-order valence-corrected chi connectivity index (χ1v) is 9.33. The number of rotatable bonds is 2. The van der Waals surface area contributed by atoms with Crippen LogP contribution < -0.4 is 0 Å². The lowest BCUT2D eigenvalue weighted by atomic mass is 9.85. The number of hydrogen-bond acceptors (Lipinski definition) is 4. The van der Waals surface area contributed by atoms with E-state index in [4.69, 9.17) is 4.74 Å². The summed E-state index contributed by atoms with van der Waals surface area (Å²) < 4.78 is 5.46.